The molecular formula is C9H9Cl2NO. The normalized spacial score (nSPS) is 10.5. The first-order chi connectivity index (χ1) is 6.02. The van der Waals surface area contributed by atoms with Crippen LogP contribution in [-0.4, -0.2) is 10.6 Å². The number of nitrogen functional groups attached to an aromatic ring is 1. The van der Waals surface area contributed by atoms with Crippen LogP contribution in [0.4, 0.5) is 5.69 Å². The molecule has 0 unspecified atom stereocenters. The quantitative estimate of drug-likeness (QED) is 0.471. The Balaban J connectivity index is 3.04. The fraction of sp³-hybridized carbons (Fsp3) is 0.222. The van der Waals surface area contributed by atoms with Gasteiger partial charge in [-0.2, -0.15) is 0 Å². The summed E-state index contributed by atoms with van der Waals surface area (Å²) < 4.78 is 0. The average Bonchev–Trinajstić information content (AvgIpc) is 2.08. The van der Waals surface area contributed by atoms with Gasteiger partial charge in [0.2, 0.25) is 0 Å². The number of hydrogen-bond donors (Lipinski definition) is 1. The Morgan fingerprint density at radius 2 is 2.08 bits per heavy atom. The topological polar surface area (TPSA) is 43.1 Å². The summed E-state index contributed by atoms with van der Waals surface area (Å²) in [6, 6.07) is 5.00. The smallest absolute Gasteiger partial charge is 0.195 e. The molecule has 0 aromatic heterocycles. The van der Waals surface area contributed by atoms with Crippen molar-refractivity contribution in [3.63, 3.8) is 0 Å². The van der Waals surface area contributed by atoms with Gasteiger partial charge in [0, 0.05) is 11.3 Å². The minimum Gasteiger partial charge on any atom is -0.398 e. The number of carbonyl (C=O) groups excluding carboxylic acids is 1. The number of Topliss-reactive ketones (excluding diaryl/α,β-unsaturated/α-hetero) is 1. The monoisotopic (exact) mass is 217 g/mol. The maximum Gasteiger partial charge on any atom is 0.195 e. The number of halogens is 2. The lowest BCUT2D eigenvalue weighted by Crippen LogP contribution is -2.08. The Labute approximate surface area is 86.6 Å². The van der Waals surface area contributed by atoms with Crippen molar-refractivity contribution < 1.29 is 4.79 Å². The number of alkyl halides is 2. The van der Waals surface area contributed by atoms with E-state index in [1.54, 1.807) is 18.2 Å². The molecular weight excluding hydrogens is 209 g/mol. The minimum atomic E-state index is -1.03. The zero-order valence-corrected chi connectivity index (χ0v) is 8.56. The van der Waals surface area contributed by atoms with Crippen LogP contribution in [-0.2, 0) is 0 Å². The Hall–Kier alpha value is -0.730. The molecule has 0 aliphatic heterocycles. The van der Waals surface area contributed by atoms with Crippen molar-refractivity contribution in [3.8, 4) is 0 Å². The number of nitrogens with two attached hydrogens (primary N) is 1. The molecule has 1 aromatic rings. The highest BCUT2D eigenvalue weighted by molar-refractivity contribution is 6.55. The molecule has 0 saturated carbocycles. The highest BCUT2D eigenvalue weighted by atomic mass is 35.5. The van der Waals surface area contributed by atoms with Gasteiger partial charge in [-0.1, -0.05) is 35.3 Å². The molecule has 2 nitrogen and oxygen atoms in total. The number of aryl methyl sites for hydroxylation is 1. The van der Waals surface area contributed by atoms with E-state index in [-0.39, 0.29) is 5.78 Å². The van der Waals surface area contributed by atoms with Crippen molar-refractivity contribution >= 4 is 34.7 Å². The number of rotatable bonds is 2. The third-order valence-corrected chi connectivity index (χ3v) is 2.16. The van der Waals surface area contributed by atoms with E-state index in [0.29, 0.717) is 11.3 Å². The number of anilines is 1. The van der Waals surface area contributed by atoms with Gasteiger partial charge in [-0.05, 0) is 18.6 Å². The maximum atomic E-state index is 11.3. The molecule has 70 valence electrons. The molecule has 0 saturated heterocycles. The largest absolute Gasteiger partial charge is 0.398 e. The van der Waals surface area contributed by atoms with Gasteiger partial charge in [0.1, 0.15) is 0 Å². The lowest BCUT2D eigenvalue weighted by atomic mass is 10.1. The number of benzene rings is 1. The predicted octanol–water partition coefficient (Wildman–Crippen LogP) is 2.56. The second-order valence-electron chi connectivity index (χ2n) is 2.74. The van der Waals surface area contributed by atoms with Crippen molar-refractivity contribution in [1.82, 2.24) is 0 Å². The van der Waals surface area contributed by atoms with E-state index in [1.807, 2.05) is 6.92 Å². The molecule has 0 fully saturated rings. The predicted molar refractivity (Wildman–Crippen MR) is 55.4 cm³/mol. The Morgan fingerprint density at radius 1 is 1.46 bits per heavy atom. The van der Waals surface area contributed by atoms with Crippen molar-refractivity contribution in [2.24, 2.45) is 0 Å². The van der Waals surface area contributed by atoms with E-state index in [0.717, 1.165) is 5.56 Å². The van der Waals surface area contributed by atoms with Gasteiger partial charge in [0.15, 0.2) is 10.6 Å². The first kappa shape index (κ1) is 10.4. The van der Waals surface area contributed by atoms with Gasteiger partial charge < -0.3 is 5.73 Å². The molecule has 0 aliphatic carbocycles. The molecule has 0 spiro atoms. The summed E-state index contributed by atoms with van der Waals surface area (Å²) in [6.45, 7) is 1.86. The van der Waals surface area contributed by atoms with Crippen LogP contribution in [0.25, 0.3) is 0 Å². The molecule has 13 heavy (non-hydrogen) atoms. The van der Waals surface area contributed by atoms with Crippen molar-refractivity contribution in [3.05, 3.63) is 29.3 Å². The van der Waals surface area contributed by atoms with Gasteiger partial charge in [0.05, 0.1) is 0 Å². The summed E-state index contributed by atoms with van der Waals surface area (Å²) in [7, 11) is 0. The van der Waals surface area contributed by atoms with E-state index >= 15 is 0 Å². The number of carbonyl (C=O) groups is 1. The van der Waals surface area contributed by atoms with Crippen molar-refractivity contribution in [2.75, 3.05) is 5.73 Å². The summed E-state index contributed by atoms with van der Waals surface area (Å²) in [6.07, 6.45) is 0. The SMILES string of the molecule is Cc1ccc(C(=O)C(Cl)Cl)cc1N. The molecule has 0 atom stereocenters. The molecule has 1 aromatic carbocycles. The lowest BCUT2D eigenvalue weighted by molar-refractivity contribution is 0.101. The van der Waals surface area contributed by atoms with Crippen LogP contribution >= 0.6 is 23.2 Å². The summed E-state index contributed by atoms with van der Waals surface area (Å²) in [5.74, 6) is -0.324. The summed E-state index contributed by atoms with van der Waals surface area (Å²) in [4.78, 5) is 10.3. The first-order valence-corrected chi connectivity index (χ1v) is 4.58. The third kappa shape index (κ3) is 2.36. The summed E-state index contributed by atoms with van der Waals surface area (Å²) >= 11 is 10.9. The van der Waals surface area contributed by atoms with E-state index in [1.165, 1.54) is 0 Å². The highest BCUT2D eigenvalue weighted by Gasteiger charge is 2.14. The van der Waals surface area contributed by atoms with Gasteiger partial charge in [-0.15, -0.1) is 0 Å². The Morgan fingerprint density at radius 3 is 2.54 bits per heavy atom. The number of hydrogen-bond acceptors (Lipinski definition) is 2. The van der Waals surface area contributed by atoms with Gasteiger partial charge in [0.25, 0.3) is 0 Å². The zero-order valence-electron chi connectivity index (χ0n) is 7.05. The van der Waals surface area contributed by atoms with Crippen LogP contribution in [0, 0.1) is 6.92 Å². The molecule has 0 radical (unpaired) electrons. The fourth-order valence-electron chi connectivity index (χ4n) is 0.920. The van der Waals surface area contributed by atoms with Crippen LogP contribution < -0.4 is 5.73 Å². The average molecular weight is 218 g/mol. The molecule has 0 heterocycles. The van der Waals surface area contributed by atoms with Crippen molar-refractivity contribution in [2.45, 2.75) is 11.8 Å². The third-order valence-electron chi connectivity index (χ3n) is 1.76. The fourth-order valence-corrected chi connectivity index (χ4v) is 1.17. The van der Waals surface area contributed by atoms with Crippen LogP contribution in [0.2, 0.25) is 0 Å². The molecule has 0 bridgehead atoms. The van der Waals surface area contributed by atoms with Crippen LogP contribution in [0.5, 0.6) is 0 Å². The molecule has 1 rings (SSSR count). The highest BCUT2D eigenvalue weighted by Crippen LogP contribution is 2.17. The van der Waals surface area contributed by atoms with Crippen LogP contribution in [0.1, 0.15) is 15.9 Å². The summed E-state index contributed by atoms with van der Waals surface area (Å²) in [5.41, 5.74) is 7.56. The van der Waals surface area contributed by atoms with Gasteiger partial charge >= 0.3 is 0 Å². The van der Waals surface area contributed by atoms with Gasteiger partial charge in [-0.25, -0.2) is 0 Å². The second kappa shape index (κ2) is 3.99. The second-order valence-corrected chi connectivity index (χ2v) is 3.83. The number of ketones is 1. The van der Waals surface area contributed by atoms with Gasteiger partial charge in [-0.3, -0.25) is 4.79 Å². The first-order valence-electron chi connectivity index (χ1n) is 3.71. The Bertz CT molecular complexity index is 336. The van der Waals surface area contributed by atoms with E-state index < -0.39 is 4.84 Å². The molecule has 0 amide bonds. The van der Waals surface area contributed by atoms with Crippen LogP contribution in [0.3, 0.4) is 0 Å². The van der Waals surface area contributed by atoms with Crippen molar-refractivity contribution in [1.29, 1.82) is 0 Å². The maximum absolute atomic E-state index is 11.3. The molecule has 0 aliphatic rings. The van der Waals surface area contributed by atoms with E-state index in [4.69, 9.17) is 28.9 Å². The zero-order chi connectivity index (χ0) is 10.0. The summed E-state index contributed by atoms with van der Waals surface area (Å²) in [5, 5.41) is 0. The molecule has 4 heteroatoms. The standard InChI is InChI=1S/C9H9Cl2NO/c1-5-2-3-6(4-7(5)12)8(13)9(10)11/h2-4,9H,12H2,1H3. The van der Waals surface area contributed by atoms with Crippen LogP contribution in [0.15, 0.2) is 18.2 Å². The minimum absolute atomic E-state index is 0.324. The van der Waals surface area contributed by atoms with E-state index in [2.05, 4.69) is 0 Å². The van der Waals surface area contributed by atoms with E-state index in [9.17, 15) is 4.79 Å². The Kier molecular flexibility index (Phi) is 3.17. The lowest BCUT2D eigenvalue weighted by Gasteiger charge is -2.04. The molecule has 2 N–H and O–H groups in total.